The first-order valence-electron chi connectivity index (χ1n) is 27.9. The molecule has 0 aliphatic carbocycles. The second kappa shape index (κ2) is 51.1. The minimum atomic E-state index is -4.74. The number of phosphoric acid groups is 1. The quantitative estimate of drug-likeness (QED) is 0.0197. The Kier molecular flexibility index (Phi) is 49.3. The molecule has 398 valence electrons. The Balaban J connectivity index is 4.71. The van der Waals surface area contributed by atoms with Gasteiger partial charge in [0, 0.05) is 19.3 Å². The fraction of sp³-hybridized carbons (Fsp3) is 0.839. The summed E-state index contributed by atoms with van der Waals surface area (Å²) >= 11 is 0. The van der Waals surface area contributed by atoms with E-state index in [-0.39, 0.29) is 25.9 Å². The molecule has 0 fully saturated rings. The number of hydrogen-bond donors (Lipinski definition) is 2. The number of rotatable bonds is 52. The molecule has 3 unspecified atom stereocenters. The van der Waals surface area contributed by atoms with Gasteiger partial charge < -0.3 is 24.2 Å². The fourth-order valence-corrected chi connectivity index (χ4v) is 8.63. The zero-order valence-electron chi connectivity index (χ0n) is 43.8. The van der Waals surface area contributed by atoms with Crippen LogP contribution >= 0.6 is 7.82 Å². The van der Waals surface area contributed by atoms with E-state index >= 15 is 0 Å². The summed E-state index contributed by atoms with van der Waals surface area (Å²) in [4.78, 5) is 48.4. The standard InChI is InChI=1S/C56H103O11P/c1-4-7-10-13-16-19-22-24-25-26-27-29-31-33-36-39-42-45-54(58)63-49-53(67-56(60)47-44-41-38-35-32-28-23-20-17-14-11-8-5-2)51-65-68(61,62)64-50-52(48-57)66-55(59)46-43-40-37-34-30-21-18-15-12-9-6-3/h8,11,17,20,28,32,52-53,57H,4-7,9-10,12-16,18-19,21-27,29-31,33-51H2,1-3H3,(H,61,62)/b11-8-,20-17-,32-28-. The highest BCUT2D eigenvalue weighted by molar-refractivity contribution is 7.47. The Labute approximate surface area is 416 Å². The van der Waals surface area contributed by atoms with Crippen LogP contribution in [0, 0.1) is 0 Å². The van der Waals surface area contributed by atoms with Gasteiger partial charge in [0.2, 0.25) is 0 Å². The Morgan fingerprint density at radius 1 is 0.426 bits per heavy atom. The van der Waals surface area contributed by atoms with Crippen molar-refractivity contribution in [1.82, 2.24) is 0 Å². The Morgan fingerprint density at radius 2 is 0.765 bits per heavy atom. The minimum absolute atomic E-state index is 0.136. The van der Waals surface area contributed by atoms with Gasteiger partial charge in [0.15, 0.2) is 6.10 Å². The maximum atomic E-state index is 12.9. The molecule has 0 aromatic rings. The number of hydrogen-bond acceptors (Lipinski definition) is 10. The molecule has 2 N–H and O–H groups in total. The summed E-state index contributed by atoms with van der Waals surface area (Å²) in [6.45, 7) is 4.52. The van der Waals surface area contributed by atoms with E-state index in [2.05, 4.69) is 57.2 Å². The van der Waals surface area contributed by atoms with E-state index in [4.69, 9.17) is 23.3 Å². The number of aliphatic hydroxyl groups excluding tert-OH is 1. The van der Waals surface area contributed by atoms with Gasteiger partial charge in [-0.05, 0) is 51.4 Å². The van der Waals surface area contributed by atoms with Crippen LogP contribution in [-0.4, -0.2) is 66.5 Å². The molecule has 0 bridgehead atoms. The van der Waals surface area contributed by atoms with Crippen molar-refractivity contribution in [2.45, 2.75) is 277 Å². The van der Waals surface area contributed by atoms with Gasteiger partial charge in [-0.3, -0.25) is 23.4 Å². The second-order valence-electron chi connectivity index (χ2n) is 18.7. The SMILES string of the molecule is CC/C=C\C/C=C\C/C=C\CCCCCC(=O)OC(COC(=O)CCCCCCCCCCCCCCCCCCC)COP(=O)(O)OCC(CO)OC(=O)CCCCCCCCCCCCC. The highest BCUT2D eigenvalue weighted by atomic mass is 31.2. The third-order valence-corrected chi connectivity index (χ3v) is 13.0. The molecule has 0 heterocycles. The van der Waals surface area contributed by atoms with Crippen molar-refractivity contribution in [3.05, 3.63) is 36.5 Å². The van der Waals surface area contributed by atoms with Crippen LogP contribution in [0.25, 0.3) is 0 Å². The number of esters is 3. The Hall–Kier alpha value is -2.30. The van der Waals surface area contributed by atoms with Crippen LogP contribution < -0.4 is 0 Å². The molecule has 0 aromatic carbocycles. The fourth-order valence-electron chi connectivity index (χ4n) is 7.84. The summed E-state index contributed by atoms with van der Waals surface area (Å²) in [6.07, 6.45) is 51.1. The molecule has 11 nitrogen and oxygen atoms in total. The third kappa shape index (κ3) is 48.7. The molecule has 0 aliphatic rings. The van der Waals surface area contributed by atoms with E-state index in [1.54, 1.807) is 0 Å². The van der Waals surface area contributed by atoms with E-state index in [0.717, 1.165) is 77.0 Å². The molecule has 0 aromatic heterocycles. The zero-order valence-corrected chi connectivity index (χ0v) is 44.7. The number of carbonyl (C=O) groups excluding carboxylic acids is 3. The van der Waals surface area contributed by atoms with Gasteiger partial charge in [-0.2, -0.15) is 0 Å². The third-order valence-electron chi connectivity index (χ3n) is 12.1. The van der Waals surface area contributed by atoms with E-state index in [1.165, 1.54) is 128 Å². The normalized spacial score (nSPS) is 13.7. The zero-order chi connectivity index (χ0) is 49.9. The molecule has 68 heavy (non-hydrogen) atoms. The molecule has 3 atom stereocenters. The average Bonchev–Trinajstić information content (AvgIpc) is 3.32. The van der Waals surface area contributed by atoms with E-state index in [0.29, 0.717) is 19.3 Å². The molecule has 0 rings (SSSR count). The predicted octanol–water partition coefficient (Wildman–Crippen LogP) is 16.0. The first-order chi connectivity index (χ1) is 33.2. The first kappa shape index (κ1) is 65.7. The molecule has 0 spiro atoms. The summed E-state index contributed by atoms with van der Waals surface area (Å²) in [5, 5.41) is 9.77. The molecule has 0 amide bonds. The highest BCUT2D eigenvalue weighted by Gasteiger charge is 2.28. The highest BCUT2D eigenvalue weighted by Crippen LogP contribution is 2.43. The second-order valence-corrected chi connectivity index (χ2v) is 20.2. The van der Waals surface area contributed by atoms with Crippen LogP contribution in [0.1, 0.15) is 265 Å². The monoisotopic (exact) mass is 983 g/mol. The van der Waals surface area contributed by atoms with Crippen LogP contribution in [-0.2, 0) is 42.2 Å². The maximum Gasteiger partial charge on any atom is 0.472 e. The van der Waals surface area contributed by atoms with Crippen molar-refractivity contribution in [3.8, 4) is 0 Å². The summed E-state index contributed by atoms with van der Waals surface area (Å²) in [5.74, 6) is -1.48. The number of aliphatic hydroxyl groups is 1. The number of phosphoric ester groups is 1. The lowest BCUT2D eigenvalue weighted by Gasteiger charge is -2.21. The topological polar surface area (TPSA) is 155 Å². The molecule has 12 heteroatoms. The van der Waals surface area contributed by atoms with Crippen LogP contribution in [0.15, 0.2) is 36.5 Å². The van der Waals surface area contributed by atoms with Gasteiger partial charge in [-0.25, -0.2) is 4.57 Å². The van der Waals surface area contributed by atoms with Crippen molar-refractivity contribution >= 4 is 25.7 Å². The van der Waals surface area contributed by atoms with E-state index < -0.39 is 57.8 Å². The summed E-state index contributed by atoms with van der Waals surface area (Å²) in [7, 11) is -4.74. The van der Waals surface area contributed by atoms with Crippen molar-refractivity contribution in [2.24, 2.45) is 0 Å². The lowest BCUT2D eigenvalue weighted by Crippen LogP contribution is -2.30. The Morgan fingerprint density at radius 3 is 1.18 bits per heavy atom. The van der Waals surface area contributed by atoms with Gasteiger partial charge in [-0.15, -0.1) is 0 Å². The van der Waals surface area contributed by atoms with Crippen molar-refractivity contribution < 1.29 is 52.2 Å². The summed E-state index contributed by atoms with van der Waals surface area (Å²) in [5.41, 5.74) is 0. The van der Waals surface area contributed by atoms with E-state index in [1.807, 2.05) is 0 Å². The molecule has 0 saturated carbocycles. The minimum Gasteiger partial charge on any atom is -0.462 e. The number of allylic oxidation sites excluding steroid dienone is 6. The Bertz CT molecular complexity index is 1280. The summed E-state index contributed by atoms with van der Waals surface area (Å²) in [6, 6.07) is 0. The van der Waals surface area contributed by atoms with Crippen LogP contribution in [0.3, 0.4) is 0 Å². The number of carbonyl (C=O) groups is 3. The largest absolute Gasteiger partial charge is 0.472 e. The van der Waals surface area contributed by atoms with Gasteiger partial charge in [0.1, 0.15) is 12.7 Å². The van der Waals surface area contributed by atoms with Crippen LogP contribution in [0.5, 0.6) is 0 Å². The van der Waals surface area contributed by atoms with Crippen LogP contribution in [0.2, 0.25) is 0 Å². The van der Waals surface area contributed by atoms with Gasteiger partial charge in [0.05, 0.1) is 19.8 Å². The molecule has 0 radical (unpaired) electrons. The van der Waals surface area contributed by atoms with Crippen molar-refractivity contribution in [2.75, 3.05) is 26.4 Å². The van der Waals surface area contributed by atoms with Crippen molar-refractivity contribution in [3.63, 3.8) is 0 Å². The lowest BCUT2D eigenvalue weighted by molar-refractivity contribution is -0.161. The van der Waals surface area contributed by atoms with Crippen LogP contribution in [0.4, 0.5) is 0 Å². The molecular formula is C56H103O11P. The number of ether oxygens (including phenoxy) is 3. The van der Waals surface area contributed by atoms with E-state index in [9.17, 15) is 28.9 Å². The summed E-state index contributed by atoms with van der Waals surface area (Å²) < 4.78 is 39.4. The first-order valence-corrected chi connectivity index (χ1v) is 29.4. The predicted molar refractivity (Wildman–Crippen MR) is 279 cm³/mol. The number of unbranched alkanes of at least 4 members (excludes halogenated alkanes) is 29. The molecular weight excluding hydrogens is 880 g/mol. The lowest BCUT2D eigenvalue weighted by atomic mass is 10.0. The molecule has 0 aliphatic heterocycles. The average molecular weight is 983 g/mol. The van der Waals surface area contributed by atoms with Gasteiger partial charge in [-0.1, -0.05) is 231 Å². The van der Waals surface area contributed by atoms with Crippen molar-refractivity contribution in [1.29, 1.82) is 0 Å². The maximum absolute atomic E-state index is 12.9. The smallest absolute Gasteiger partial charge is 0.462 e. The molecule has 0 saturated heterocycles. The van der Waals surface area contributed by atoms with Gasteiger partial charge in [0.25, 0.3) is 0 Å². The van der Waals surface area contributed by atoms with Gasteiger partial charge >= 0.3 is 25.7 Å².